The van der Waals surface area contributed by atoms with Crippen LogP contribution in [0.4, 0.5) is 0 Å². The molecule has 1 saturated heterocycles. The first-order valence-corrected chi connectivity index (χ1v) is 10.1. The summed E-state index contributed by atoms with van der Waals surface area (Å²) >= 11 is 0. The Morgan fingerprint density at radius 1 is 1.15 bits per heavy atom. The number of rotatable bonds is 3. The molecular weight excluding hydrogens is 455 g/mol. The van der Waals surface area contributed by atoms with Crippen LogP contribution in [0.5, 0.6) is 0 Å². The van der Waals surface area contributed by atoms with Crippen LogP contribution in [0.25, 0.3) is 0 Å². The number of hydrogen-bond acceptors (Lipinski definition) is 3. The van der Waals surface area contributed by atoms with E-state index in [1.165, 1.54) is 38.5 Å². The van der Waals surface area contributed by atoms with Crippen molar-refractivity contribution in [3.8, 4) is 0 Å². The molecule has 3 fully saturated rings. The zero-order valence-electron chi connectivity index (χ0n) is 16.1. The van der Waals surface area contributed by atoms with E-state index in [1.54, 1.807) is 18.4 Å². The van der Waals surface area contributed by atoms with Gasteiger partial charge in [0.1, 0.15) is 0 Å². The zero-order chi connectivity index (χ0) is 17.9. The average Bonchev–Trinajstić information content (AvgIpc) is 3.25. The fourth-order valence-electron chi connectivity index (χ4n) is 4.60. The van der Waals surface area contributed by atoms with Gasteiger partial charge in [-0.15, -0.1) is 24.0 Å². The number of amides is 1. The van der Waals surface area contributed by atoms with E-state index >= 15 is 0 Å². The maximum Gasteiger partial charge on any atom is 0.289 e. The molecule has 1 aliphatic heterocycles. The molecule has 1 aromatic heterocycles. The SMILES string of the molecule is CN=C(NC1CC1C1CCCCC1)N1CCN(C(=O)c2ccco2)CC1.I. The van der Waals surface area contributed by atoms with Gasteiger partial charge in [-0.3, -0.25) is 9.79 Å². The number of carbonyl (C=O) groups is 1. The van der Waals surface area contributed by atoms with Gasteiger partial charge in [0.25, 0.3) is 5.91 Å². The van der Waals surface area contributed by atoms with Crippen molar-refractivity contribution in [3.63, 3.8) is 0 Å². The third-order valence-electron chi connectivity index (χ3n) is 6.22. The van der Waals surface area contributed by atoms with Crippen LogP contribution in [0.3, 0.4) is 0 Å². The van der Waals surface area contributed by atoms with Crippen molar-refractivity contribution in [1.82, 2.24) is 15.1 Å². The second-order valence-corrected chi connectivity index (χ2v) is 7.85. The highest BCUT2D eigenvalue weighted by Gasteiger charge is 2.44. The lowest BCUT2D eigenvalue weighted by molar-refractivity contribution is 0.0657. The molecule has 1 N–H and O–H groups in total. The molecule has 3 aliphatic rings. The molecule has 2 aliphatic carbocycles. The number of hydrogen-bond donors (Lipinski definition) is 1. The molecular formula is C20H31IN4O2. The van der Waals surface area contributed by atoms with Gasteiger partial charge >= 0.3 is 0 Å². The monoisotopic (exact) mass is 486 g/mol. The first-order valence-electron chi connectivity index (χ1n) is 10.1. The molecule has 1 amide bonds. The molecule has 2 saturated carbocycles. The molecule has 0 spiro atoms. The Hall–Kier alpha value is -1.25. The van der Waals surface area contributed by atoms with Gasteiger partial charge in [0.15, 0.2) is 11.7 Å². The predicted octanol–water partition coefficient (Wildman–Crippen LogP) is 3.20. The van der Waals surface area contributed by atoms with Crippen molar-refractivity contribution in [3.05, 3.63) is 24.2 Å². The molecule has 27 heavy (non-hydrogen) atoms. The van der Waals surface area contributed by atoms with Crippen LogP contribution in [0.15, 0.2) is 27.8 Å². The maximum absolute atomic E-state index is 12.4. The van der Waals surface area contributed by atoms with Crippen molar-refractivity contribution < 1.29 is 9.21 Å². The summed E-state index contributed by atoms with van der Waals surface area (Å²) in [6, 6.07) is 4.08. The number of furan rings is 1. The highest BCUT2D eigenvalue weighted by Crippen LogP contribution is 2.44. The van der Waals surface area contributed by atoms with E-state index in [1.807, 2.05) is 11.9 Å². The minimum Gasteiger partial charge on any atom is -0.459 e. The van der Waals surface area contributed by atoms with E-state index in [9.17, 15) is 4.79 Å². The molecule has 0 aromatic carbocycles. The van der Waals surface area contributed by atoms with Gasteiger partial charge in [-0.05, 0) is 30.4 Å². The number of nitrogens with one attached hydrogen (secondary N) is 1. The number of guanidine groups is 1. The van der Waals surface area contributed by atoms with Gasteiger partial charge in [-0.1, -0.05) is 32.1 Å². The first-order chi connectivity index (χ1) is 12.8. The molecule has 2 heterocycles. The lowest BCUT2D eigenvalue weighted by Crippen LogP contribution is -2.54. The predicted molar refractivity (Wildman–Crippen MR) is 117 cm³/mol. The van der Waals surface area contributed by atoms with Crippen LogP contribution in [0.1, 0.15) is 49.1 Å². The summed E-state index contributed by atoms with van der Waals surface area (Å²) in [5.74, 6) is 3.17. The fraction of sp³-hybridized carbons (Fsp3) is 0.700. The minimum atomic E-state index is -0.0165. The molecule has 150 valence electrons. The van der Waals surface area contributed by atoms with Crippen molar-refractivity contribution in [2.45, 2.75) is 44.6 Å². The van der Waals surface area contributed by atoms with Crippen LogP contribution < -0.4 is 5.32 Å². The smallest absolute Gasteiger partial charge is 0.289 e. The Morgan fingerprint density at radius 2 is 1.85 bits per heavy atom. The number of halogens is 1. The van der Waals surface area contributed by atoms with E-state index in [0.717, 1.165) is 30.9 Å². The first kappa shape index (κ1) is 20.5. The van der Waals surface area contributed by atoms with Crippen LogP contribution in [0.2, 0.25) is 0 Å². The van der Waals surface area contributed by atoms with E-state index in [0.29, 0.717) is 24.9 Å². The summed E-state index contributed by atoms with van der Waals surface area (Å²) in [4.78, 5) is 21.0. The third kappa shape index (κ3) is 4.78. The van der Waals surface area contributed by atoms with E-state index in [2.05, 4.69) is 15.2 Å². The largest absolute Gasteiger partial charge is 0.459 e. The number of aliphatic imine (C=N–C) groups is 1. The number of carbonyl (C=O) groups excluding carboxylic acids is 1. The molecule has 0 bridgehead atoms. The van der Waals surface area contributed by atoms with Gasteiger partial charge in [-0.2, -0.15) is 0 Å². The maximum atomic E-state index is 12.4. The third-order valence-corrected chi connectivity index (χ3v) is 6.22. The lowest BCUT2D eigenvalue weighted by atomic mass is 9.85. The van der Waals surface area contributed by atoms with Crippen LogP contribution in [-0.2, 0) is 0 Å². The summed E-state index contributed by atoms with van der Waals surface area (Å²) < 4.78 is 5.23. The summed E-state index contributed by atoms with van der Waals surface area (Å²) in [5.41, 5.74) is 0. The fourth-order valence-corrected chi connectivity index (χ4v) is 4.60. The number of nitrogens with zero attached hydrogens (tertiary/aromatic N) is 3. The second kappa shape index (κ2) is 9.30. The van der Waals surface area contributed by atoms with Crippen molar-refractivity contribution in [2.24, 2.45) is 16.8 Å². The highest BCUT2D eigenvalue weighted by atomic mass is 127. The zero-order valence-corrected chi connectivity index (χ0v) is 18.4. The highest BCUT2D eigenvalue weighted by molar-refractivity contribution is 14.0. The Kier molecular flexibility index (Phi) is 7.05. The van der Waals surface area contributed by atoms with Crippen molar-refractivity contribution in [1.29, 1.82) is 0 Å². The molecule has 2 unspecified atom stereocenters. The molecule has 7 heteroatoms. The van der Waals surface area contributed by atoms with Gasteiger partial charge in [-0.25, -0.2) is 0 Å². The Balaban J connectivity index is 0.00000210. The Bertz CT molecular complexity index is 634. The topological polar surface area (TPSA) is 61.1 Å². The van der Waals surface area contributed by atoms with Crippen LogP contribution in [-0.4, -0.2) is 60.9 Å². The molecule has 4 rings (SSSR count). The van der Waals surface area contributed by atoms with Crippen molar-refractivity contribution >= 4 is 35.8 Å². The summed E-state index contributed by atoms with van der Waals surface area (Å²) in [5, 5.41) is 3.68. The van der Waals surface area contributed by atoms with Crippen LogP contribution in [0, 0.1) is 11.8 Å². The standard InChI is InChI=1S/C20H30N4O2.HI/c1-21-20(22-17-14-16(17)15-6-3-2-4-7-15)24-11-9-23(10-12-24)19(25)18-8-5-13-26-18;/h5,8,13,15-17H,2-4,6-7,9-12,14H2,1H3,(H,21,22);1H. The summed E-state index contributed by atoms with van der Waals surface area (Å²) in [6.45, 7) is 3.04. The van der Waals surface area contributed by atoms with E-state index in [4.69, 9.17) is 4.42 Å². The molecule has 6 nitrogen and oxygen atoms in total. The lowest BCUT2D eigenvalue weighted by Gasteiger charge is -2.36. The van der Waals surface area contributed by atoms with Crippen molar-refractivity contribution in [2.75, 3.05) is 33.2 Å². The quantitative estimate of drug-likeness (QED) is 0.405. The normalized spacial score (nSPS) is 26.5. The average molecular weight is 486 g/mol. The summed E-state index contributed by atoms with van der Waals surface area (Å²) in [7, 11) is 1.86. The number of piperazine rings is 1. The van der Waals surface area contributed by atoms with Gasteiger partial charge in [0, 0.05) is 39.3 Å². The Labute approximate surface area is 178 Å². The second-order valence-electron chi connectivity index (χ2n) is 7.85. The molecule has 0 radical (unpaired) electrons. The molecule has 1 aromatic rings. The van der Waals surface area contributed by atoms with E-state index < -0.39 is 0 Å². The minimum absolute atomic E-state index is 0. The van der Waals surface area contributed by atoms with E-state index in [-0.39, 0.29) is 29.9 Å². The van der Waals surface area contributed by atoms with Gasteiger partial charge in [0.05, 0.1) is 6.26 Å². The van der Waals surface area contributed by atoms with Gasteiger partial charge in [0.2, 0.25) is 0 Å². The molecule has 2 atom stereocenters. The van der Waals surface area contributed by atoms with Crippen LogP contribution >= 0.6 is 24.0 Å². The Morgan fingerprint density at radius 3 is 2.48 bits per heavy atom. The van der Waals surface area contributed by atoms with Gasteiger partial charge < -0.3 is 19.5 Å². The summed E-state index contributed by atoms with van der Waals surface area (Å²) in [6.07, 6.45) is 9.91.